The van der Waals surface area contributed by atoms with E-state index in [0.29, 0.717) is 22.6 Å². The number of rotatable bonds is 15. The summed E-state index contributed by atoms with van der Waals surface area (Å²) in [7, 11) is 0. The third-order valence-corrected chi connectivity index (χ3v) is 6.51. The van der Waals surface area contributed by atoms with Crippen LogP contribution in [0.2, 0.25) is 0 Å². The van der Waals surface area contributed by atoms with E-state index in [1.165, 1.54) is 31.4 Å². The predicted octanol–water partition coefficient (Wildman–Crippen LogP) is 7.84. The zero-order valence-electron chi connectivity index (χ0n) is 22.5. The van der Waals surface area contributed by atoms with Crippen molar-refractivity contribution in [2.24, 2.45) is 0 Å². The lowest BCUT2D eigenvalue weighted by Crippen LogP contribution is -2.25. The van der Waals surface area contributed by atoms with Crippen molar-refractivity contribution in [3.63, 3.8) is 0 Å². The van der Waals surface area contributed by atoms with Crippen LogP contribution < -0.4 is 10.1 Å². The van der Waals surface area contributed by atoms with Gasteiger partial charge in [-0.3, -0.25) is 14.6 Å². The van der Waals surface area contributed by atoms with Crippen molar-refractivity contribution in [1.29, 1.82) is 0 Å². The number of carbonyl (C=O) groups is 2. The fourth-order valence-corrected chi connectivity index (χ4v) is 4.23. The minimum Gasteiger partial charge on any atom is -0.486 e. The molecule has 1 amide bonds. The Kier molecular flexibility index (Phi) is 11.5. The Morgan fingerprint density at radius 2 is 1.60 bits per heavy atom. The predicted molar refractivity (Wildman–Crippen MR) is 147 cm³/mol. The molecule has 0 bridgehead atoms. The molecule has 2 N–H and O–H groups in total. The lowest BCUT2D eigenvalue weighted by Gasteiger charge is -2.20. The molecule has 1 heterocycles. The summed E-state index contributed by atoms with van der Waals surface area (Å²) in [5, 5.41) is 11.3. The van der Waals surface area contributed by atoms with Crippen molar-refractivity contribution in [2.45, 2.75) is 70.6 Å². The molecule has 3 aromatic rings. The van der Waals surface area contributed by atoms with Crippen LogP contribution in [0.5, 0.6) is 5.75 Å². The molecule has 0 radical (unpaired) electrons. The molecule has 0 saturated carbocycles. The van der Waals surface area contributed by atoms with Gasteiger partial charge >= 0.3 is 12.1 Å². The molecule has 0 saturated heterocycles. The van der Waals surface area contributed by atoms with E-state index in [4.69, 9.17) is 9.84 Å². The number of hydrogen-bond acceptors (Lipinski definition) is 4. The second-order valence-electron chi connectivity index (χ2n) is 9.64. The Bertz CT molecular complexity index is 1210. The van der Waals surface area contributed by atoms with Gasteiger partial charge in [-0.15, -0.1) is 0 Å². The van der Waals surface area contributed by atoms with Crippen molar-refractivity contribution in [2.75, 3.05) is 6.54 Å². The Labute approximate surface area is 232 Å². The lowest BCUT2D eigenvalue weighted by molar-refractivity contribution is -0.138. The summed E-state index contributed by atoms with van der Waals surface area (Å²) in [6, 6.07) is 15.2. The molecule has 2 aromatic carbocycles. The molecule has 1 aromatic heterocycles. The molecule has 0 fully saturated rings. The van der Waals surface area contributed by atoms with Gasteiger partial charge in [-0.1, -0.05) is 57.2 Å². The number of unbranched alkanes of at least 4 members (excludes halogenated alkanes) is 5. The standard InChI is InChI=1S/C31H35F3N2O4/c1-2-3-4-5-6-7-8-28(40-26-16-11-23(12-17-26)30(39)35-20-19-29(37)38)24-13-18-27(36-21-24)22-9-14-25(15-10-22)31(32,33)34/h9-18,21,28H,2-8,19-20H2,1H3,(H,35,39)(H,37,38). The second kappa shape index (κ2) is 15.1. The maximum Gasteiger partial charge on any atom is 0.416 e. The molecule has 1 atom stereocenters. The van der Waals surface area contributed by atoms with Crippen LogP contribution >= 0.6 is 0 Å². The van der Waals surface area contributed by atoms with Crippen LogP contribution in [0.1, 0.15) is 85.9 Å². The number of aromatic nitrogens is 1. The van der Waals surface area contributed by atoms with Crippen LogP contribution in [0, 0.1) is 0 Å². The van der Waals surface area contributed by atoms with E-state index in [-0.39, 0.29) is 25.0 Å². The number of ether oxygens (including phenoxy) is 1. The molecule has 40 heavy (non-hydrogen) atoms. The van der Waals surface area contributed by atoms with Crippen LogP contribution in [0.4, 0.5) is 13.2 Å². The van der Waals surface area contributed by atoms with E-state index in [2.05, 4.69) is 17.2 Å². The molecule has 9 heteroatoms. The molecule has 214 valence electrons. The number of carboxylic acid groups (broad SMARTS) is 1. The number of pyridine rings is 1. The van der Waals surface area contributed by atoms with Crippen LogP contribution in [0.3, 0.4) is 0 Å². The summed E-state index contributed by atoms with van der Waals surface area (Å²) < 4.78 is 45.0. The number of alkyl halides is 3. The van der Waals surface area contributed by atoms with E-state index in [1.54, 1.807) is 36.5 Å². The van der Waals surface area contributed by atoms with E-state index < -0.39 is 17.7 Å². The smallest absolute Gasteiger partial charge is 0.416 e. The summed E-state index contributed by atoms with van der Waals surface area (Å²) in [4.78, 5) is 27.4. The number of aliphatic carboxylic acids is 1. The average molecular weight is 557 g/mol. The zero-order chi connectivity index (χ0) is 29.0. The molecular weight excluding hydrogens is 521 g/mol. The van der Waals surface area contributed by atoms with Gasteiger partial charge in [0.1, 0.15) is 11.9 Å². The largest absolute Gasteiger partial charge is 0.486 e. The SMILES string of the molecule is CCCCCCCCC(Oc1ccc(C(=O)NCCC(=O)O)cc1)c1ccc(-c2ccc(C(F)(F)F)cc2)nc1. The fraction of sp³-hybridized carbons (Fsp3) is 0.387. The number of carbonyl (C=O) groups excluding carboxylic acids is 1. The first-order valence-corrected chi connectivity index (χ1v) is 13.6. The van der Waals surface area contributed by atoms with Gasteiger partial charge in [0.25, 0.3) is 5.91 Å². The van der Waals surface area contributed by atoms with Gasteiger partial charge in [0.15, 0.2) is 0 Å². The van der Waals surface area contributed by atoms with Gasteiger partial charge in [-0.25, -0.2) is 0 Å². The Morgan fingerprint density at radius 1 is 0.925 bits per heavy atom. The van der Waals surface area contributed by atoms with E-state index in [0.717, 1.165) is 43.4 Å². The third kappa shape index (κ3) is 9.70. The van der Waals surface area contributed by atoms with Gasteiger partial charge < -0.3 is 15.2 Å². The van der Waals surface area contributed by atoms with Crippen LogP contribution in [0.25, 0.3) is 11.3 Å². The first-order chi connectivity index (χ1) is 19.2. The maximum absolute atomic E-state index is 12.9. The Morgan fingerprint density at radius 3 is 2.20 bits per heavy atom. The number of amides is 1. The van der Waals surface area contributed by atoms with Gasteiger partial charge in [0.2, 0.25) is 0 Å². The zero-order valence-corrected chi connectivity index (χ0v) is 22.5. The summed E-state index contributed by atoms with van der Waals surface area (Å²) in [6.07, 6.45) is 4.38. The van der Waals surface area contributed by atoms with E-state index in [9.17, 15) is 22.8 Å². The minimum absolute atomic E-state index is 0.0439. The van der Waals surface area contributed by atoms with Crippen LogP contribution in [0.15, 0.2) is 66.9 Å². The highest BCUT2D eigenvalue weighted by molar-refractivity contribution is 5.94. The molecule has 0 aliphatic heterocycles. The maximum atomic E-state index is 12.9. The number of nitrogens with zero attached hydrogens (tertiary/aromatic N) is 1. The number of benzene rings is 2. The summed E-state index contributed by atoms with van der Waals surface area (Å²) in [5.41, 5.74) is 1.69. The summed E-state index contributed by atoms with van der Waals surface area (Å²) >= 11 is 0. The first kappa shape index (κ1) is 30.7. The molecule has 1 unspecified atom stereocenters. The Hall–Kier alpha value is -3.88. The molecule has 0 spiro atoms. The minimum atomic E-state index is -4.39. The number of hydrogen-bond donors (Lipinski definition) is 2. The molecule has 6 nitrogen and oxygen atoms in total. The van der Waals surface area contributed by atoms with E-state index >= 15 is 0 Å². The van der Waals surface area contributed by atoms with Gasteiger partial charge in [-0.2, -0.15) is 13.2 Å². The highest BCUT2D eigenvalue weighted by atomic mass is 19.4. The lowest BCUT2D eigenvalue weighted by atomic mass is 10.0. The quantitative estimate of drug-likeness (QED) is 0.186. The highest BCUT2D eigenvalue weighted by Crippen LogP contribution is 2.32. The normalized spacial score (nSPS) is 12.1. The van der Waals surface area contributed by atoms with Crippen molar-refractivity contribution >= 4 is 11.9 Å². The summed E-state index contributed by atoms with van der Waals surface area (Å²) in [6.45, 7) is 2.22. The van der Waals surface area contributed by atoms with Gasteiger partial charge in [0, 0.05) is 29.4 Å². The number of halogens is 3. The van der Waals surface area contributed by atoms with Crippen molar-refractivity contribution in [1.82, 2.24) is 10.3 Å². The topological polar surface area (TPSA) is 88.5 Å². The summed E-state index contributed by atoms with van der Waals surface area (Å²) in [5.74, 6) is -0.772. The highest BCUT2D eigenvalue weighted by Gasteiger charge is 2.30. The number of carboxylic acids is 1. The average Bonchev–Trinajstić information content (AvgIpc) is 2.94. The van der Waals surface area contributed by atoms with Crippen molar-refractivity contribution in [3.8, 4) is 17.0 Å². The van der Waals surface area contributed by atoms with Gasteiger partial charge in [0.05, 0.1) is 17.7 Å². The molecule has 0 aliphatic carbocycles. The third-order valence-electron chi connectivity index (χ3n) is 6.51. The fourth-order valence-electron chi connectivity index (χ4n) is 4.23. The molecular formula is C31H35F3N2O4. The molecule has 0 aliphatic rings. The van der Waals surface area contributed by atoms with Crippen molar-refractivity contribution in [3.05, 3.63) is 83.6 Å². The monoisotopic (exact) mass is 556 g/mol. The van der Waals surface area contributed by atoms with Gasteiger partial charge in [-0.05, 0) is 55.3 Å². The first-order valence-electron chi connectivity index (χ1n) is 13.6. The van der Waals surface area contributed by atoms with Crippen LogP contribution in [-0.2, 0) is 11.0 Å². The van der Waals surface area contributed by atoms with Crippen molar-refractivity contribution < 1.29 is 32.6 Å². The molecule has 3 rings (SSSR count). The van der Waals surface area contributed by atoms with Crippen LogP contribution in [-0.4, -0.2) is 28.5 Å². The van der Waals surface area contributed by atoms with E-state index in [1.807, 2.05) is 6.07 Å². The second-order valence-corrected chi connectivity index (χ2v) is 9.64. The number of nitrogens with one attached hydrogen (secondary N) is 1. The Balaban J connectivity index is 1.70.